The fourth-order valence-corrected chi connectivity index (χ4v) is 2.26. The fraction of sp³-hybridized carbons (Fsp3) is 0.0909. The molecule has 1 heterocycles. The molecule has 0 amide bonds. The van der Waals surface area contributed by atoms with Crippen molar-refractivity contribution in [2.75, 3.05) is 7.11 Å². The zero-order valence-corrected chi connectivity index (χ0v) is 12.1. The van der Waals surface area contributed by atoms with E-state index in [4.69, 9.17) is 27.9 Å². The maximum Gasteiger partial charge on any atom is 0.197 e. The quantitative estimate of drug-likeness (QED) is 0.754. The SMILES string of the molecule is COc1ccc(-c2nc(Cl)c(F)c(Cl)n2)cc1Br. The van der Waals surface area contributed by atoms with Crippen LogP contribution in [0.25, 0.3) is 11.4 Å². The van der Waals surface area contributed by atoms with Crippen LogP contribution in [0.2, 0.25) is 10.3 Å². The lowest BCUT2D eigenvalue weighted by Gasteiger charge is -2.06. The third-order valence-electron chi connectivity index (χ3n) is 2.18. The second-order valence-electron chi connectivity index (χ2n) is 3.29. The largest absolute Gasteiger partial charge is 0.496 e. The topological polar surface area (TPSA) is 35.0 Å². The third kappa shape index (κ3) is 2.58. The summed E-state index contributed by atoms with van der Waals surface area (Å²) < 4.78 is 19.0. The Morgan fingerprint density at radius 1 is 1.22 bits per heavy atom. The van der Waals surface area contributed by atoms with Crippen LogP contribution in [0.3, 0.4) is 0 Å². The van der Waals surface area contributed by atoms with E-state index >= 15 is 0 Å². The lowest BCUT2D eigenvalue weighted by Crippen LogP contribution is -1.95. The van der Waals surface area contributed by atoms with Gasteiger partial charge < -0.3 is 4.74 Å². The standard InChI is InChI=1S/C11H6BrCl2FN2O/c1-18-7-3-2-5(4-6(7)12)11-16-9(13)8(15)10(14)17-11/h2-4H,1H3. The van der Waals surface area contributed by atoms with E-state index < -0.39 is 5.82 Å². The van der Waals surface area contributed by atoms with Crippen molar-refractivity contribution in [3.63, 3.8) is 0 Å². The van der Waals surface area contributed by atoms with Gasteiger partial charge in [0.2, 0.25) is 0 Å². The summed E-state index contributed by atoms with van der Waals surface area (Å²) in [6.07, 6.45) is 0. The van der Waals surface area contributed by atoms with Gasteiger partial charge in [-0.1, -0.05) is 23.2 Å². The van der Waals surface area contributed by atoms with Crippen LogP contribution >= 0.6 is 39.1 Å². The molecule has 1 aromatic heterocycles. The molecule has 2 rings (SSSR count). The number of hydrogen-bond acceptors (Lipinski definition) is 3. The molecule has 0 unspecified atom stereocenters. The van der Waals surface area contributed by atoms with Crippen LogP contribution in [0, 0.1) is 5.82 Å². The van der Waals surface area contributed by atoms with E-state index in [2.05, 4.69) is 25.9 Å². The molecule has 0 bridgehead atoms. The van der Waals surface area contributed by atoms with Crippen molar-refractivity contribution in [3.05, 3.63) is 38.8 Å². The number of rotatable bonds is 2. The highest BCUT2D eigenvalue weighted by atomic mass is 79.9. The van der Waals surface area contributed by atoms with E-state index in [0.717, 1.165) is 4.47 Å². The fourth-order valence-electron chi connectivity index (χ4n) is 1.33. The number of methoxy groups -OCH3 is 1. The van der Waals surface area contributed by atoms with Gasteiger partial charge in [0.15, 0.2) is 21.9 Å². The van der Waals surface area contributed by atoms with E-state index in [1.54, 1.807) is 25.3 Å². The van der Waals surface area contributed by atoms with Gasteiger partial charge in [-0.15, -0.1) is 0 Å². The second kappa shape index (κ2) is 5.38. The molecule has 3 nitrogen and oxygen atoms in total. The minimum Gasteiger partial charge on any atom is -0.496 e. The third-order valence-corrected chi connectivity index (χ3v) is 3.30. The van der Waals surface area contributed by atoms with Crippen molar-refractivity contribution in [1.82, 2.24) is 9.97 Å². The number of halogens is 4. The molecular weight excluding hydrogens is 346 g/mol. The zero-order chi connectivity index (χ0) is 13.3. The molecule has 0 aliphatic heterocycles. The van der Waals surface area contributed by atoms with Crippen LogP contribution in [-0.4, -0.2) is 17.1 Å². The van der Waals surface area contributed by atoms with Gasteiger partial charge in [-0.3, -0.25) is 0 Å². The molecule has 1 aromatic carbocycles. The molecule has 0 N–H and O–H groups in total. The van der Waals surface area contributed by atoms with Crippen molar-refractivity contribution in [2.24, 2.45) is 0 Å². The van der Waals surface area contributed by atoms with Crippen molar-refractivity contribution in [2.45, 2.75) is 0 Å². The molecule has 0 aliphatic carbocycles. The first-order chi connectivity index (χ1) is 8.52. The lowest BCUT2D eigenvalue weighted by atomic mass is 10.2. The summed E-state index contributed by atoms with van der Waals surface area (Å²) in [6, 6.07) is 5.19. The smallest absolute Gasteiger partial charge is 0.197 e. The Labute approximate surface area is 121 Å². The molecule has 94 valence electrons. The molecule has 7 heteroatoms. The summed E-state index contributed by atoms with van der Waals surface area (Å²) in [5.74, 6) is 0.0856. The Morgan fingerprint density at radius 2 is 1.83 bits per heavy atom. The van der Waals surface area contributed by atoms with E-state index in [1.165, 1.54) is 0 Å². The van der Waals surface area contributed by atoms with Crippen LogP contribution in [0.4, 0.5) is 4.39 Å². The van der Waals surface area contributed by atoms with Crippen molar-refractivity contribution < 1.29 is 9.13 Å². The van der Waals surface area contributed by atoms with Crippen molar-refractivity contribution in [3.8, 4) is 17.1 Å². The zero-order valence-electron chi connectivity index (χ0n) is 9.05. The summed E-state index contributed by atoms with van der Waals surface area (Å²) >= 11 is 14.6. The van der Waals surface area contributed by atoms with Crippen molar-refractivity contribution >= 4 is 39.1 Å². The Hall–Kier alpha value is -0.910. The molecule has 0 saturated heterocycles. The van der Waals surface area contributed by atoms with Crippen LogP contribution in [0.5, 0.6) is 5.75 Å². The summed E-state index contributed by atoms with van der Waals surface area (Å²) in [7, 11) is 1.56. The Kier molecular flexibility index (Phi) is 4.04. The van der Waals surface area contributed by atoms with Gasteiger partial charge in [-0.2, -0.15) is 0 Å². The van der Waals surface area contributed by atoms with E-state index in [0.29, 0.717) is 11.3 Å². The molecule has 0 fully saturated rings. The Balaban J connectivity index is 2.52. The lowest BCUT2D eigenvalue weighted by molar-refractivity contribution is 0.412. The Bertz CT molecular complexity index is 587. The average Bonchev–Trinajstić information content (AvgIpc) is 2.35. The molecule has 0 radical (unpaired) electrons. The minimum atomic E-state index is -0.824. The summed E-state index contributed by atoms with van der Waals surface area (Å²) in [5, 5.41) is -0.617. The number of ether oxygens (including phenoxy) is 1. The van der Waals surface area contributed by atoms with Gasteiger partial charge >= 0.3 is 0 Å². The van der Waals surface area contributed by atoms with Gasteiger partial charge in [0.1, 0.15) is 5.75 Å². The molecule has 0 spiro atoms. The van der Waals surface area contributed by atoms with Gasteiger partial charge in [0.25, 0.3) is 0 Å². The van der Waals surface area contributed by atoms with E-state index in [-0.39, 0.29) is 16.1 Å². The second-order valence-corrected chi connectivity index (χ2v) is 4.86. The number of aromatic nitrogens is 2. The van der Waals surface area contributed by atoms with Crippen molar-refractivity contribution in [1.29, 1.82) is 0 Å². The normalized spacial score (nSPS) is 10.5. The summed E-state index contributed by atoms with van der Waals surface area (Å²) in [5.41, 5.74) is 0.645. The first kappa shape index (κ1) is 13.5. The molecule has 0 atom stereocenters. The summed E-state index contributed by atoms with van der Waals surface area (Å²) in [4.78, 5) is 7.67. The number of hydrogen-bond donors (Lipinski definition) is 0. The van der Waals surface area contributed by atoms with Crippen LogP contribution in [0.1, 0.15) is 0 Å². The predicted octanol–water partition coefficient (Wildman–Crippen LogP) is 4.36. The number of benzene rings is 1. The van der Waals surface area contributed by atoms with Crippen LogP contribution < -0.4 is 4.74 Å². The minimum absolute atomic E-state index is 0.245. The molecule has 18 heavy (non-hydrogen) atoms. The highest BCUT2D eigenvalue weighted by Gasteiger charge is 2.13. The average molecular weight is 352 g/mol. The molecule has 2 aromatic rings. The van der Waals surface area contributed by atoms with Gasteiger partial charge in [-0.05, 0) is 34.1 Å². The monoisotopic (exact) mass is 350 g/mol. The predicted molar refractivity (Wildman–Crippen MR) is 71.7 cm³/mol. The summed E-state index contributed by atoms with van der Waals surface area (Å²) in [6.45, 7) is 0. The van der Waals surface area contributed by atoms with Gasteiger partial charge in [0, 0.05) is 5.56 Å². The molecule has 0 saturated carbocycles. The number of nitrogens with zero attached hydrogens (tertiary/aromatic N) is 2. The van der Waals surface area contributed by atoms with E-state index in [9.17, 15) is 4.39 Å². The maximum absolute atomic E-state index is 13.2. The Morgan fingerprint density at radius 3 is 2.33 bits per heavy atom. The first-order valence-electron chi connectivity index (χ1n) is 4.75. The van der Waals surface area contributed by atoms with Gasteiger partial charge in [-0.25, -0.2) is 14.4 Å². The highest BCUT2D eigenvalue weighted by Crippen LogP contribution is 2.30. The molecule has 0 aliphatic rings. The first-order valence-corrected chi connectivity index (χ1v) is 6.30. The van der Waals surface area contributed by atoms with Crippen LogP contribution in [-0.2, 0) is 0 Å². The highest BCUT2D eigenvalue weighted by molar-refractivity contribution is 9.10. The van der Waals surface area contributed by atoms with E-state index in [1.807, 2.05) is 0 Å². The molecular formula is C11H6BrCl2FN2O. The van der Waals surface area contributed by atoms with Crippen LogP contribution in [0.15, 0.2) is 22.7 Å². The van der Waals surface area contributed by atoms with Gasteiger partial charge in [0.05, 0.1) is 11.6 Å². The maximum atomic E-state index is 13.2.